The second kappa shape index (κ2) is 8.98. The first kappa shape index (κ1) is 21.4. The van der Waals surface area contributed by atoms with E-state index < -0.39 is 10.8 Å². The number of amides is 2. The number of thiocarbonyl (C=S) groups is 1. The van der Waals surface area contributed by atoms with Crippen LogP contribution in [0.5, 0.6) is 0 Å². The molecule has 0 unspecified atom stereocenters. The quantitative estimate of drug-likeness (QED) is 0.244. The first-order chi connectivity index (χ1) is 14.8. The van der Waals surface area contributed by atoms with Gasteiger partial charge in [0, 0.05) is 30.9 Å². The molecule has 10 heteroatoms. The van der Waals surface area contributed by atoms with Crippen molar-refractivity contribution >= 4 is 52.2 Å². The van der Waals surface area contributed by atoms with Crippen LogP contribution in [0.25, 0.3) is 11.6 Å². The molecule has 1 heterocycles. The van der Waals surface area contributed by atoms with Gasteiger partial charge < -0.3 is 5.32 Å². The molecule has 0 aliphatic carbocycles. The Labute approximate surface area is 182 Å². The molecule has 2 aromatic rings. The molecule has 0 atom stereocenters. The average molecular weight is 433 g/mol. The highest BCUT2D eigenvalue weighted by molar-refractivity contribution is 7.80. The van der Waals surface area contributed by atoms with E-state index in [2.05, 4.69) is 10.6 Å². The zero-order chi connectivity index (χ0) is 22.5. The van der Waals surface area contributed by atoms with Crippen molar-refractivity contribution in [1.29, 1.82) is 5.26 Å². The molecule has 0 bridgehead atoms. The van der Waals surface area contributed by atoms with Crippen LogP contribution < -0.4 is 10.6 Å². The summed E-state index contributed by atoms with van der Waals surface area (Å²) < 4.78 is 0. The number of nitro groups is 1. The number of nitro benzene ring substituents is 1. The molecular formula is C21H15N5O4S. The van der Waals surface area contributed by atoms with E-state index in [9.17, 15) is 25.0 Å². The third kappa shape index (κ3) is 4.98. The minimum Gasteiger partial charge on any atom is -0.326 e. The smallest absolute Gasteiger partial charge is 0.274 e. The van der Waals surface area contributed by atoms with Crippen molar-refractivity contribution in [2.75, 3.05) is 5.32 Å². The van der Waals surface area contributed by atoms with Crippen molar-refractivity contribution in [2.24, 2.45) is 0 Å². The molecule has 1 fully saturated rings. The molecule has 31 heavy (non-hydrogen) atoms. The molecule has 154 valence electrons. The zero-order valence-electron chi connectivity index (χ0n) is 16.2. The Kier molecular flexibility index (Phi) is 6.18. The molecule has 1 saturated heterocycles. The summed E-state index contributed by atoms with van der Waals surface area (Å²) in [5.74, 6) is -0.633. The van der Waals surface area contributed by atoms with Gasteiger partial charge in [-0.05, 0) is 53.7 Å². The minimum atomic E-state index is -0.532. The fourth-order valence-electron chi connectivity index (χ4n) is 2.79. The largest absolute Gasteiger partial charge is 0.326 e. The Morgan fingerprint density at radius 2 is 1.87 bits per heavy atom. The summed E-state index contributed by atoms with van der Waals surface area (Å²) in [6.45, 7) is 1.40. The van der Waals surface area contributed by atoms with Crippen molar-refractivity contribution in [3.8, 4) is 6.07 Å². The van der Waals surface area contributed by atoms with Crippen LogP contribution in [-0.4, -0.2) is 26.8 Å². The number of nitriles is 1. The fraction of sp³-hybridized carbons (Fsp3) is 0.0476. The zero-order valence-corrected chi connectivity index (χ0v) is 17.0. The standard InChI is InChI=1S/C21H15N5O4S/c1-13(27)23-17-6-2-14(3-7-17)10-19-20(28)24-21(31)25(19)12-16(11-22)15-4-8-18(9-5-15)26(29)30/h2-10,12H,1H3,(H,23,27)(H,24,28,31)/b16-12-,19-10+. The summed E-state index contributed by atoms with van der Waals surface area (Å²) >= 11 is 5.21. The Balaban J connectivity index is 1.94. The van der Waals surface area contributed by atoms with Crippen molar-refractivity contribution in [3.63, 3.8) is 0 Å². The monoisotopic (exact) mass is 433 g/mol. The highest BCUT2D eigenvalue weighted by Gasteiger charge is 2.29. The number of nitrogens with zero attached hydrogens (tertiary/aromatic N) is 3. The molecule has 0 saturated carbocycles. The van der Waals surface area contributed by atoms with Gasteiger partial charge in [0.2, 0.25) is 5.91 Å². The van der Waals surface area contributed by atoms with Crippen LogP contribution in [0.15, 0.2) is 60.4 Å². The lowest BCUT2D eigenvalue weighted by atomic mass is 10.1. The number of hydrogen-bond acceptors (Lipinski definition) is 6. The molecule has 3 rings (SSSR count). The van der Waals surface area contributed by atoms with Gasteiger partial charge in [0.25, 0.3) is 11.6 Å². The molecule has 1 aliphatic heterocycles. The third-order valence-electron chi connectivity index (χ3n) is 4.23. The van der Waals surface area contributed by atoms with Gasteiger partial charge in [-0.25, -0.2) is 0 Å². The number of carbonyl (C=O) groups excluding carboxylic acids is 2. The average Bonchev–Trinajstić information content (AvgIpc) is 2.99. The number of anilines is 1. The van der Waals surface area contributed by atoms with Crippen LogP contribution in [0.3, 0.4) is 0 Å². The Morgan fingerprint density at radius 1 is 1.23 bits per heavy atom. The molecule has 0 spiro atoms. The van der Waals surface area contributed by atoms with E-state index in [1.165, 1.54) is 42.3 Å². The summed E-state index contributed by atoms with van der Waals surface area (Å²) in [6, 6.07) is 14.3. The van der Waals surface area contributed by atoms with Gasteiger partial charge in [-0.2, -0.15) is 5.26 Å². The van der Waals surface area contributed by atoms with E-state index in [0.717, 1.165) is 0 Å². The van der Waals surface area contributed by atoms with Crippen molar-refractivity contribution < 1.29 is 14.5 Å². The lowest BCUT2D eigenvalue weighted by Gasteiger charge is -2.13. The van der Waals surface area contributed by atoms with E-state index in [-0.39, 0.29) is 28.0 Å². The van der Waals surface area contributed by atoms with E-state index in [4.69, 9.17) is 12.2 Å². The Hall–Kier alpha value is -4.36. The summed E-state index contributed by atoms with van der Waals surface area (Å²) in [6.07, 6.45) is 2.99. The molecule has 0 aromatic heterocycles. The van der Waals surface area contributed by atoms with E-state index in [1.807, 2.05) is 6.07 Å². The summed E-state index contributed by atoms with van der Waals surface area (Å²) in [7, 11) is 0. The van der Waals surface area contributed by atoms with Gasteiger partial charge in [-0.1, -0.05) is 12.1 Å². The number of hydrogen-bond donors (Lipinski definition) is 2. The van der Waals surface area contributed by atoms with Gasteiger partial charge in [0.1, 0.15) is 11.8 Å². The maximum atomic E-state index is 12.4. The minimum absolute atomic E-state index is 0.0979. The van der Waals surface area contributed by atoms with E-state index >= 15 is 0 Å². The van der Waals surface area contributed by atoms with Crippen LogP contribution >= 0.6 is 12.2 Å². The SMILES string of the molecule is CC(=O)Nc1ccc(/C=C2\C(=O)NC(=S)N2/C=C(/C#N)c2ccc([N+](=O)[O-])cc2)cc1. The number of rotatable bonds is 5. The Morgan fingerprint density at radius 3 is 2.42 bits per heavy atom. The molecule has 2 N–H and O–H groups in total. The second-order valence-electron chi connectivity index (χ2n) is 6.42. The van der Waals surface area contributed by atoms with Gasteiger partial charge >= 0.3 is 0 Å². The number of allylic oxidation sites excluding steroid dienone is 1. The molecule has 9 nitrogen and oxygen atoms in total. The predicted octanol–water partition coefficient (Wildman–Crippen LogP) is 3.18. The van der Waals surface area contributed by atoms with Crippen LogP contribution in [0.1, 0.15) is 18.1 Å². The van der Waals surface area contributed by atoms with Crippen LogP contribution in [-0.2, 0) is 9.59 Å². The van der Waals surface area contributed by atoms with Gasteiger partial charge in [-0.3, -0.25) is 29.9 Å². The summed E-state index contributed by atoms with van der Waals surface area (Å²) in [5.41, 5.74) is 2.00. The molecule has 0 radical (unpaired) electrons. The molecule has 1 aliphatic rings. The first-order valence-corrected chi connectivity index (χ1v) is 9.30. The topological polar surface area (TPSA) is 128 Å². The van der Waals surface area contributed by atoms with E-state index in [1.54, 1.807) is 30.3 Å². The van der Waals surface area contributed by atoms with E-state index in [0.29, 0.717) is 16.8 Å². The molecular weight excluding hydrogens is 418 g/mol. The maximum Gasteiger partial charge on any atom is 0.274 e. The summed E-state index contributed by atoms with van der Waals surface area (Å²) in [5, 5.41) is 25.7. The van der Waals surface area contributed by atoms with Crippen LogP contribution in [0, 0.1) is 21.4 Å². The fourth-order valence-corrected chi connectivity index (χ4v) is 3.03. The lowest BCUT2D eigenvalue weighted by Crippen LogP contribution is -2.23. The number of non-ortho nitro benzene ring substituents is 1. The second-order valence-corrected chi connectivity index (χ2v) is 6.81. The number of nitrogens with one attached hydrogen (secondary N) is 2. The molecule has 2 amide bonds. The van der Waals surface area contributed by atoms with Gasteiger partial charge in [-0.15, -0.1) is 0 Å². The van der Waals surface area contributed by atoms with Gasteiger partial charge in [0.15, 0.2) is 5.11 Å². The van der Waals surface area contributed by atoms with Gasteiger partial charge in [0.05, 0.1) is 10.5 Å². The predicted molar refractivity (Wildman–Crippen MR) is 118 cm³/mol. The number of benzene rings is 2. The molecule has 2 aromatic carbocycles. The van der Waals surface area contributed by atoms with Crippen LogP contribution in [0.4, 0.5) is 11.4 Å². The van der Waals surface area contributed by atoms with Crippen molar-refractivity contribution in [2.45, 2.75) is 6.92 Å². The highest BCUT2D eigenvalue weighted by Crippen LogP contribution is 2.24. The first-order valence-electron chi connectivity index (χ1n) is 8.89. The third-order valence-corrected chi connectivity index (χ3v) is 4.53. The lowest BCUT2D eigenvalue weighted by molar-refractivity contribution is -0.384. The summed E-state index contributed by atoms with van der Waals surface area (Å²) in [4.78, 5) is 35.2. The normalized spacial score (nSPS) is 14.9. The van der Waals surface area contributed by atoms with Crippen molar-refractivity contribution in [1.82, 2.24) is 10.2 Å². The highest BCUT2D eigenvalue weighted by atomic mass is 32.1. The maximum absolute atomic E-state index is 12.4. The van der Waals surface area contributed by atoms with Crippen LogP contribution in [0.2, 0.25) is 0 Å². The number of carbonyl (C=O) groups is 2. The van der Waals surface area contributed by atoms with Crippen molar-refractivity contribution in [3.05, 3.63) is 81.7 Å². The Bertz CT molecular complexity index is 1180.